The minimum atomic E-state index is -0.0405. The van der Waals surface area contributed by atoms with Gasteiger partial charge in [-0.05, 0) is 62.6 Å². The molecule has 2 nitrogen and oxygen atoms in total. The SMILES string of the molecule is CCC(CC)(OC)C(CC1CCCc2ccccc21)NC. The standard InChI is InChI=1S/C19H31NO/c1-5-19(6-2,21-4)18(20-3)14-16-12-9-11-15-10-7-8-13-17(15)16/h7-8,10,13,16,18,20H,5-6,9,11-12,14H2,1-4H3. The maximum atomic E-state index is 5.96. The molecule has 2 heteroatoms. The maximum absolute atomic E-state index is 5.96. The molecule has 118 valence electrons. The van der Waals surface area contributed by atoms with Crippen LogP contribution in [-0.4, -0.2) is 25.8 Å². The van der Waals surface area contributed by atoms with Gasteiger partial charge in [0.1, 0.15) is 0 Å². The van der Waals surface area contributed by atoms with Gasteiger partial charge in [-0.15, -0.1) is 0 Å². The molecule has 1 aliphatic carbocycles. The lowest BCUT2D eigenvalue weighted by molar-refractivity contribution is -0.0494. The topological polar surface area (TPSA) is 21.3 Å². The van der Waals surface area contributed by atoms with Crippen LogP contribution in [0.2, 0.25) is 0 Å². The third kappa shape index (κ3) is 3.32. The van der Waals surface area contributed by atoms with Gasteiger partial charge in [0.15, 0.2) is 0 Å². The highest BCUT2D eigenvalue weighted by atomic mass is 16.5. The summed E-state index contributed by atoms with van der Waals surface area (Å²) in [7, 11) is 3.95. The van der Waals surface area contributed by atoms with Gasteiger partial charge < -0.3 is 10.1 Å². The Labute approximate surface area is 130 Å². The number of aryl methyl sites for hydroxylation is 1. The molecule has 1 aromatic rings. The summed E-state index contributed by atoms with van der Waals surface area (Å²) in [6, 6.07) is 9.41. The first-order valence-corrected chi connectivity index (χ1v) is 8.51. The van der Waals surface area contributed by atoms with Crippen molar-refractivity contribution in [3.63, 3.8) is 0 Å². The number of hydrogen-bond donors (Lipinski definition) is 1. The van der Waals surface area contributed by atoms with E-state index in [0.29, 0.717) is 12.0 Å². The predicted molar refractivity (Wildman–Crippen MR) is 89.9 cm³/mol. The molecule has 0 saturated heterocycles. The van der Waals surface area contributed by atoms with Crippen molar-refractivity contribution >= 4 is 0 Å². The number of fused-ring (bicyclic) bond motifs is 1. The third-order valence-corrected chi connectivity index (χ3v) is 5.60. The number of rotatable bonds is 7. The molecule has 21 heavy (non-hydrogen) atoms. The van der Waals surface area contributed by atoms with E-state index in [2.05, 4.69) is 50.5 Å². The van der Waals surface area contributed by atoms with E-state index >= 15 is 0 Å². The Bertz CT molecular complexity index is 431. The van der Waals surface area contributed by atoms with Gasteiger partial charge in [-0.1, -0.05) is 38.1 Å². The molecule has 0 aliphatic heterocycles. The molecule has 0 heterocycles. The van der Waals surface area contributed by atoms with E-state index in [9.17, 15) is 0 Å². The monoisotopic (exact) mass is 289 g/mol. The first-order valence-electron chi connectivity index (χ1n) is 8.51. The van der Waals surface area contributed by atoms with Gasteiger partial charge in [0.25, 0.3) is 0 Å². The molecule has 0 fully saturated rings. The Balaban J connectivity index is 2.20. The van der Waals surface area contributed by atoms with E-state index in [-0.39, 0.29) is 5.60 Å². The van der Waals surface area contributed by atoms with E-state index in [1.807, 2.05) is 7.11 Å². The van der Waals surface area contributed by atoms with Crippen molar-refractivity contribution in [2.45, 2.75) is 69.9 Å². The van der Waals surface area contributed by atoms with Crippen LogP contribution in [0.5, 0.6) is 0 Å². The van der Waals surface area contributed by atoms with Crippen molar-refractivity contribution in [1.29, 1.82) is 0 Å². The summed E-state index contributed by atoms with van der Waals surface area (Å²) in [4.78, 5) is 0. The molecule has 2 atom stereocenters. The summed E-state index contributed by atoms with van der Waals surface area (Å²) >= 11 is 0. The van der Waals surface area contributed by atoms with E-state index in [4.69, 9.17) is 4.74 Å². The lowest BCUT2D eigenvalue weighted by atomic mass is 9.75. The highest BCUT2D eigenvalue weighted by Gasteiger charge is 2.37. The van der Waals surface area contributed by atoms with Gasteiger partial charge in [0, 0.05) is 13.2 Å². The zero-order valence-corrected chi connectivity index (χ0v) is 14.1. The van der Waals surface area contributed by atoms with Crippen LogP contribution in [0, 0.1) is 0 Å². The highest BCUT2D eigenvalue weighted by Crippen LogP contribution is 2.38. The van der Waals surface area contributed by atoms with Crippen LogP contribution >= 0.6 is 0 Å². The van der Waals surface area contributed by atoms with Crippen LogP contribution in [-0.2, 0) is 11.2 Å². The molecule has 1 aromatic carbocycles. The highest BCUT2D eigenvalue weighted by molar-refractivity contribution is 5.32. The summed E-state index contributed by atoms with van der Waals surface area (Å²) in [5, 5.41) is 3.55. The fourth-order valence-corrected chi connectivity index (χ4v) is 4.15. The van der Waals surface area contributed by atoms with Crippen LogP contribution in [0.25, 0.3) is 0 Å². The molecule has 2 unspecified atom stereocenters. The van der Waals surface area contributed by atoms with Gasteiger partial charge >= 0.3 is 0 Å². The van der Waals surface area contributed by atoms with Gasteiger partial charge in [0.05, 0.1) is 5.60 Å². The molecule has 0 saturated carbocycles. The Kier molecular flexibility index (Phi) is 5.83. The van der Waals surface area contributed by atoms with Gasteiger partial charge in [-0.3, -0.25) is 0 Å². The Hall–Kier alpha value is -0.860. The fourth-order valence-electron chi connectivity index (χ4n) is 4.15. The molecule has 1 N–H and O–H groups in total. The van der Waals surface area contributed by atoms with Crippen molar-refractivity contribution in [3.05, 3.63) is 35.4 Å². The van der Waals surface area contributed by atoms with E-state index in [1.54, 1.807) is 11.1 Å². The Morgan fingerprint density at radius 1 is 1.29 bits per heavy atom. The van der Waals surface area contributed by atoms with Crippen molar-refractivity contribution < 1.29 is 4.74 Å². The average molecular weight is 289 g/mol. The van der Waals surface area contributed by atoms with E-state index in [1.165, 1.54) is 25.7 Å². The van der Waals surface area contributed by atoms with Crippen molar-refractivity contribution in [1.82, 2.24) is 5.32 Å². The van der Waals surface area contributed by atoms with Gasteiger partial charge in [-0.25, -0.2) is 0 Å². The zero-order chi connectivity index (χ0) is 15.3. The second-order valence-corrected chi connectivity index (χ2v) is 6.34. The number of nitrogens with one attached hydrogen (secondary N) is 1. The number of methoxy groups -OCH3 is 1. The first-order chi connectivity index (χ1) is 10.2. The van der Waals surface area contributed by atoms with Gasteiger partial charge in [-0.2, -0.15) is 0 Å². The Morgan fingerprint density at radius 2 is 2.00 bits per heavy atom. The first kappa shape index (κ1) is 16.5. The number of likely N-dealkylation sites (N-methyl/N-ethyl adjacent to an activating group) is 1. The Morgan fingerprint density at radius 3 is 2.62 bits per heavy atom. The smallest absolute Gasteiger partial charge is 0.0825 e. The van der Waals surface area contributed by atoms with Crippen molar-refractivity contribution in [3.8, 4) is 0 Å². The predicted octanol–water partition coefficient (Wildman–Crippen LogP) is 4.29. The molecular weight excluding hydrogens is 258 g/mol. The van der Waals surface area contributed by atoms with E-state index < -0.39 is 0 Å². The molecule has 0 amide bonds. The largest absolute Gasteiger partial charge is 0.377 e. The number of ether oxygens (including phenoxy) is 1. The minimum Gasteiger partial charge on any atom is -0.377 e. The van der Waals surface area contributed by atoms with E-state index in [0.717, 1.165) is 12.8 Å². The molecule has 0 radical (unpaired) electrons. The molecule has 0 aromatic heterocycles. The lowest BCUT2D eigenvalue weighted by Gasteiger charge is -2.41. The minimum absolute atomic E-state index is 0.0405. The number of benzene rings is 1. The number of hydrogen-bond acceptors (Lipinski definition) is 2. The summed E-state index contributed by atoms with van der Waals surface area (Å²) in [5.74, 6) is 0.667. The normalized spacial score (nSPS) is 20.1. The summed E-state index contributed by atoms with van der Waals surface area (Å²) in [5.41, 5.74) is 3.09. The molecule has 0 bridgehead atoms. The zero-order valence-electron chi connectivity index (χ0n) is 14.1. The second kappa shape index (κ2) is 7.42. The van der Waals surface area contributed by atoms with Crippen LogP contribution < -0.4 is 5.32 Å². The molecule has 2 rings (SSSR count). The van der Waals surface area contributed by atoms with Crippen LogP contribution in [0.4, 0.5) is 0 Å². The van der Waals surface area contributed by atoms with Crippen molar-refractivity contribution in [2.24, 2.45) is 0 Å². The quantitative estimate of drug-likeness (QED) is 0.808. The van der Waals surface area contributed by atoms with Crippen molar-refractivity contribution in [2.75, 3.05) is 14.2 Å². The average Bonchev–Trinajstić information content (AvgIpc) is 2.56. The molecule has 0 spiro atoms. The molecule has 1 aliphatic rings. The van der Waals surface area contributed by atoms with Crippen LogP contribution in [0.15, 0.2) is 24.3 Å². The van der Waals surface area contributed by atoms with Crippen LogP contribution in [0.1, 0.15) is 63.0 Å². The summed E-state index contributed by atoms with van der Waals surface area (Å²) in [6.45, 7) is 4.48. The lowest BCUT2D eigenvalue weighted by Crippen LogP contribution is -2.51. The molecular formula is C19H31NO. The van der Waals surface area contributed by atoms with Gasteiger partial charge in [0.2, 0.25) is 0 Å². The second-order valence-electron chi connectivity index (χ2n) is 6.34. The fraction of sp³-hybridized carbons (Fsp3) is 0.684. The maximum Gasteiger partial charge on any atom is 0.0825 e. The summed E-state index contributed by atoms with van der Waals surface area (Å²) in [6.07, 6.45) is 7.15. The summed E-state index contributed by atoms with van der Waals surface area (Å²) < 4.78 is 5.96. The van der Waals surface area contributed by atoms with Crippen LogP contribution in [0.3, 0.4) is 0 Å². The third-order valence-electron chi connectivity index (χ3n) is 5.60.